The number of fused-ring (bicyclic) bond motifs is 1. The number of nitrogens with one attached hydrogen (secondary N) is 2. The molecular weight excluding hydrogens is 403 g/mol. The summed E-state index contributed by atoms with van der Waals surface area (Å²) < 4.78 is 43.2. The van der Waals surface area contributed by atoms with Gasteiger partial charge in [-0.3, -0.25) is 0 Å². The van der Waals surface area contributed by atoms with Gasteiger partial charge in [-0.1, -0.05) is 0 Å². The molecule has 2 aliphatic rings. The second-order valence-corrected chi connectivity index (χ2v) is 7.56. The number of aliphatic hydroxyl groups excluding tert-OH is 1. The number of nitrogens with zero attached hydrogens (tertiary/aromatic N) is 5. The molecule has 1 unspecified atom stereocenters. The highest BCUT2D eigenvalue weighted by atomic mass is 19.4. The second kappa shape index (κ2) is 7.42. The summed E-state index contributed by atoms with van der Waals surface area (Å²) in [6.45, 7) is 3.73. The van der Waals surface area contributed by atoms with Crippen molar-refractivity contribution in [2.45, 2.75) is 57.3 Å². The van der Waals surface area contributed by atoms with Crippen LogP contribution in [0.2, 0.25) is 0 Å². The number of rotatable bonds is 4. The quantitative estimate of drug-likeness (QED) is 0.679. The molecule has 30 heavy (non-hydrogen) atoms. The molecule has 0 bridgehead atoms. The van der Waals surface area contributed by atoms with E-state index >= 15 is 0 Å². The van der Waals surface area contributed by atoms with Crippen LogP contribution >= 0.6 is 0 Å². The average molecular weight is 425 g/mol. The minimum Gasteiger partial charge on any atom is -0.487 e. The Morgan fingerprint density at radius 2 is 1.90 bits per heavy atom. The molecule has 0 saturated heterocycles. The molecule has 4 rings (SSSR count). The number of aromatic nitrogens is 4. The molecule has 0 radical (unpaired) electrons. The van der Waals surface area contributed by atoms with Gasteiger partial charge in [0.15, 0.2) is 11.6 Å². The Labute approximate surface area is 170 Å². The molecule has 1 fully saturated rings. The zero-order chi connectivity index (χ0) is 21.6. The third-order valence-electron chi connectivity index (χ3n) is 5.38. The third-order valence-corrected chi connectivity index (χ3v) is 5.38. The van der Waals surface area contributed by atoms with E-state index in [1.807, 2.05) is 25.8 Å². The van der Waals surface area contributed by atoms with Crippen LogP contribution in [0.25, 0.3) is 0 Å². The number of aryl methyl sites for hydroxylation is 1. The SMILES string of the molecule is Cc1nc(N[C@H]2C[C@H](Oc3cnc(C(F)(F)F)nc3)C2)nc2c1NC(O)[C@H](C)N2C. The van der Waals surface area contributed by atoms with Gasteiger partial charge in [-0.05, 0) is 13.8 Å². The summed E-state index contributed by atoms with van der Waals surface area (Å²) in [7, 11) is 1.86. The van der Waals surface area contributed by atoms with E-state index in [1.165, 1.54) is 0 Å². The number of hydrogen-bond donors (Lipinski definition) is 3. The first-order valence-corrected chi connectivity index (χ1v) is 9.50. The highest BCUT2D eigenvalue weighted by Crippen LogP contribution is 2.35. The summed E-state index contributed by atoms with van der Waals surface area (Å²) in [5.74, 6) is 0.193. The fourth-order valence-electron chi connectivity index (χ4n) is 3.40. The predicted molar refractivity (Wildman–Crippen MR) is 102 cm³/mol. The normalized spacial score (nSPS) is 25.8. The number of alkyl halides is 3. The predicted octanol–water partition coefficient (Wildman–Crippen LogP) is 2.18. The van der Waals surface area contributed by atoms with Gasteiger partial charge in [-0.25, -0.2) is 15.0 Å². The summed E-state index contributed by atoms with van der Waals surface area (Å²) >= 11 is 0. The number of anilines is 3. The van der Waals surface area contributed by atoms with Crippen LogP contribution in [0.15, 0.2) is 12.4 Å². The molecule has 2 aromatic heterocycles. The number of halogens is 3. The van der Waals surface area contributed by atoms with Gasteiger partial charge in [-0.2, -0.15) is 18.2 Å². The summed E-state index contributed by atoms with van der Waals surface area (Å²) in [5, 5.41) is 16.4. The summed E-state index contributed by atoms with van der Waals surface area (Å²) in [5.41, 5.74) is 1.42. The van der Waals surface area contributed by atoms with Gasteiger partial charge in [0.2, 0.25) is 11.8 Å². The lowest BCUT2D eigenvalue weighted by molar-refractivity contribution is -0.145. The van der Waals surface area contributed by atoms with Gasteiger partial charge in [0.25, 0.3) is 0 Å². The van der Waals surface area contributed by atoms with E-state index in [0.717, 1.165) is 12.4 Å². The standard InChI is InChI=1S/C18H22F3N7O2/c1-8-13-14(28(3)9(2)15(29)26-13)27-17(24-8)25-10-4-11(5-10)30-12-6-22-16(23-7-12)18(19,20)21/h6-7,9-11,15,26,29H,4-5H2,1-3H3,(H,24,25,27)/t9-,10-,11-,15?/m0/s1. The Bertz CT molecular complexity index is 919. The largest absolute Gasteiger partial charge is 0.487 e. The van der Waals surface area contributed by atoms with Crippen molar-refractivity contribution in [3.8, 4) is 5.75 Å². The Morgan fingerprint density at radius 3 is 2.53 bits per heavy atom. The zero-order valence-corrected chi connectivity index (χ0v) is 16.6. The van der Waals surface area contributed by atoms with Crippen LogP contribution in [0.5, 0.6) is 5.75 Å². The van der Waals surface area contributed by atoms with Gasteiger partial charge in [0.05, 0.1) is 24.1 Å². The van der Waals surface area contributed by atoms with Crippen molar-refractivity contribution in [3.63, 3.8) is 0 Å². The summed E-state index contributed by atoms with van der Waals surface area (Å²) in [6, 6.07) is -0.0697. The first-order chi connectivity index (χ1) is 14.1. The van der Waals surface area contributed by atoms with Crippen LogP contribution in [0.4, 0.5) is 30.6 Å². The molecule has 1 aliphatic heterocycles. The van der Waals surface area contributed by atoms with Crippen molar-refractivity contribution in [3.05, 3.63) is 23.9 Å². The van der Waals surface area contributed by atoms with Gasteiger partial charge in [0, 0.05) is 25.9 Å². The Hall–Kier alpha value is -2.89. The first-order valence-electron chi connectivity index (χ1n) is 9.50. The topological polar surface area (TPSA) is 108 Å². The third kappa shape index (κ3) is 3.91. The molecule has 1 saturated carbocycles. The van der Waals surface area contributed by atoms with E-state index in [4.69, 9.17) is 4.74 Å². The number of likely N-dealkylation sites (N-methyl/N-ethyl adjacent to an activating group) is 1. The number of aliphatic hydroxyl groups is 1. The fourth-order valence-corrected chi connectivity index (χ4v) is 3.40. The lowest BCUT2D eigenvalue weighted by Gasteiger charge is -2.38. The summed E-state index contributed by atoms with van der Waals surface area (Å²) in [4.78, 5) is 17.5. The molecular formula is C18H22F3N7O2. The van der Waals surface area contributed by atoms with Crippen molar-refractivity contribution in [2.75, 3.05) is 22.6 Å². The monoisotopic (exact) mass is 425 g/mol. The molecule has 1 aliphatic carbocycles. The molecule has 0 spiro atoms. The summed E-state index contributed by atoms with van der Waals surface area (Å²) in [6.07, 6.45) is -2.08. The van der Waals surface area contributed by atoms with Crippen molar-refractivity contribution >= 4 is 17.5 Å². The van der Waals surface area contributed by atoms with Crippen LogP contribution in [0.1, 0.15) is 31.3 Å². The van der Waals surface area contributed by atoms with E-state index < -0.39 is 18.2 Å². The van der Waals surface area contributed by atoms with E-state index in [2.05, 4.69) is 30.6 Å². The highest BCUT2D eigenvalue weighted by molar-refractivity contribution is 5.72. The maximum atomic E-state index is 12.5. The fraction of sp³-hybridized carbons (Fsp3) is 0.556. The molecule has 3 heterocycles. The molecule has 0 amide bonds. The van der Waals surface area contributed by atoms with E-state index in [1.54, 1.807) is 0 Å². The number of ether oxygens (including phenoxy) is 1. The van der Waals surface area contributed by atoms with Crippen molar-refractivity contribution < 1.29 is 23.0 Å². The van der Waals surface area contributed by atoms with Crippen LogP contribution in [-0.4, -0.2) is 56.5 Å². The molecule has 2 atom stereocenters. The van der Waals surface area contributed by atoms with E-state index in [-0.39, 0.29) is 23.9 Å². The maximum Gasteiger partial charge on any atom is 0.451 e. The van der Waals surface area contributed by atoms with Gasteiger partial charge < -0.3 is 25.4 Å². The average Bonchev–Trinajstić information content (AvgIpc) is 2.65. The highest BCUT2D eigenvalue weighted by Gasteiger charge is 2.36. The Balaban J connectivity index is 1.35. The minimum absolute atomic E-state index is 0.0766. The number of hydrogen-bond acceptors (Lipinski definition) is 9. The lowest BCUT2D eigenvalue weighted by atomic mass is 9.89. The second-order valence-electron chi connectivity index (χ2n) is 7.56. The van der Waals surface area contributed by atoms with Gasteiger partial charge in [0.1, 0.15) is 18.0 Å². The van der Waals surface area contributed by atoms with E-state index in [9.17, 15) is 18.3 Å². The molecule has 162 valence electrons. The van der Waals surface area contributed by atoms with Gasteiger partial charge >= 0.3 is 6.18 Å². The molecule has 2 aromatic rings. The molecule has 3 N–H and O–H groups in total. The zero-order valence-electron chi connectivity index (χ0n) is 16.6. The van der Waals surface area contributed by atoms with Crippen LogP contribution in [0.3, 0.4) is 0 Å². The molecule has 9 nitrogen and oxygen atoms in total. The lowest BCUT2D eigenvalue weighted by Crippen LogP contribution is -2.48. The van der Waals surface area contributed by atoms with Crippen LogP contribution < -0.4 is 20.3 Å². The van der Waals surface area contributed by atoms with Crippen LogP contribution in [-0.2, 0) is 6.18 Å². The maximum absolute atomic E-state index is 12.5. The Morgan fingerprint density at radius 1 is 1.23 bits per heavy atom. The van der Waals surface area contributed by atoms with Crippen molar-refractivity contribution in [1.29, 1.82) is 0 Å². The van der Waals surface area contributed by atoms with Crippen molar-refractivity contribution in [1.82, 2.24) is 19.9 Å². The van der Waals surface area contributed by atoms with Gasteiger partial charge in [-0.15, -0.1) is 0 Å². The van der Waals surface area contributed by atoms with Crippen LogP contribution in [0, 0.1) is 6.92 Å². The minimum atomic E-state index is -4.57. The van der Waals surface area contributed by atoms with Crippen molar-refractivity contribution in [2.24, 2.45) is 0 Å². The first kappa shape index (κ1) is 20.4. The molecule has 12 heteroatoms. The smallest absolute Gasteiger partial charge is 0.451 e. The van der Waals surface area contributed by atoms with E-state index in [0.29, 0.717) is 36.0 Å². The Kier molecular flexibility index (Phi) is 5.04. The molecule has 0 aromatic carbocycles.